The molecule has 0 aromatic heterocycles. The zero-order chi connectivity index (χ0) is 12.1. The molecule has 2 unspecified atom stereocenters. The summed E-state index contributed by atoms with van der Waals surface area (Å²) in [6, 6.07) is 0. The van der Waals surface area contributed by atoms with E-state index in [2.05, 4.69) is 46.4 Å². The van der Waals surface area contributed by atoms with Crippen LogP contribution in [0.4, 0.5) is 0 Å². The van der Waals surface area contributed by atoms with Crippen molar-refractivity contribution in [2.45, 2.75) is 40.5 Å². The van der Waals surface area contributed by atoms with Gasteiger partial charge in [0.1, 0.15) is 0 Å². The molecule has 0 saturated heterocycles. The molecule has 88 valence electrons. The normalized spacial score (nSPS) is 27.6. The van der Waals surface area contributed by atoms with Crippen molar-refractivity contribution in [3.05, 3.63) is 47.6 Å². The maximum absolute atomic E-state index is 3.72. The van der Waals surface area contributed by atoms with Crippen molar-refractivity contribution >= 4 is 0 Å². The zero-order valence-corrected chi connectivity index (χ0v) is 11.1. The summed E-state index contributed by atoms with van der Waals surface area (Å²) in [7, 11) is 0. The van der Waals surface area contributed by atoms with Crippen molar-refractivity contribution in [2.75, 3.05) is 0 Å². The monoisotopic (exact) mass is 216 g/mol. The highest BCUT2D eigenvalue weighted by atomic mass is 14.3. The van der Waals surface area contributed by atoms with Crippen molar-refractivity contribution in [2.24, 2.45) is 11.8 Å². The molecule has 0 heterocycles. The van der Waals surface area contributed by atoms with Gasteiger partial charge >= 0.3 is 0 Å². The standard InChI is InChI=1S/C16H24/c1-6-7-12(2)8-11-16-14(4)10-9-13(3)15(16)5/h6-8,11,13,15H,1,9-10H2,2-5H3. The molecular weight excluding hydrogens is 192 g/mol. The molecule has 0 saturated carbocycles. The molecule has 1 rings (SSSR count). The van der Waals surface area contributed by atoms with Crippen LogP contribution in [0.3, 0.4) is 0 Å². The second kappa shape index (κ2) is 5.89. The lowest BCUT2D eigenvalue weighted by atomic mass is 9.77. The summed E-state index contributed by atoms with van der Waals surface area (Å²) >= 11 is 0. The van der Waals surface area contributed by atoms with Crippen LogP contribution < -0.4 is 0 Å². The first kappa shape index (κ1) is 13.0. The van der Waals surface area contributed by atoms with Gasteiger partial charge in [-0.05, 0) is 44.1 Å². The smallest absolute Gasteiger partial charge is 0.0165 e. The molecule has 0 heteroatoms. The first-order valence-corrected chi connectivity index (χ1v) is 6.23. The molecule has 0 aliphatic heterocycles. The largest absolute Gasteiger partial charge is 0.0991 e. The third kappa shape index (κ3) is 3.23. The molecule has 1 aliphatic carbocycles. The Hall–Kier alpha value is -1.04. The van der Waals surface area contributed by atoms with Gasteiger partial charge in [0.15, 0.2) is 0 Å². The molecule has 0 amide bonds. The maximum Gasteiger partial charge on any atom is -0.0165 e. The quantitative estimate of drug-likeness (QED) is 0.579. The van der Waals surface area contributed by atoms with E-state index >= 15 is 0 Å². The summed E-state index contributed by atoms with van der Waals surface area (Å²) in [5.41, 5.74) is 4.37. The van der Waals surface area contributed by atoms with Crippen LogP contribution in [0.25, 0.3) is 0 Å². The summed E-state index contributed by atoms with van der Waals surface area (Å²) in [6.07, 6.45) is 11.0. The average molecular weight is 216 g/mol. The minimum Gasteiger partial charge on any atom is -0.0991 e. The van der Waals surface area contributed by atoms with E-state index in [0.29, 0.717) is 5.92 Å². The molecule has 1 aliphatic rings. The Bertz CT molecular complexity index is 339. The third-order valence-electron chi connectivity index (χ3n) is 3.72. The lowest BCUT2D eigenvalue weighted by Crippen LogP contribution is -2.16. The van der Waals surface area contributed by atoms with Gasteiger partial charge in [0, 0.05) is 0 Å². The Morgan fingerprint density at radius 1 is 1.38 bits per heavy atom. The molecular formula is C16H24. The van der Waals surface area contributed by atoms with Gasteiger partial charge in [-0.1, -0.05) is 55.9 Å². The van der Waals surface area contributed by atoms with Crippen LogP contribution in [0.2, 0.25) is 0 Å². The number of rotatable bonds is 3. The second-order valence-electron chi connectivity index (χ2n) is 5.02. The minimum atomic E-state index is 0.696. The molecule has 0 radical (unpaired) electrons. The van der Waals surface area contributed by atoms with Gasteiger partial charge in [-0.15, -0.1) is 0 Å². The SMILES string of the molecule is C=CC=C(C)C=CC1=C(C)CCC(C)C1C. The summed E-state index contributed by atoms with van der Waals surface area (Å²) in [5.74, 6) is 1.51. The fourth-order valence-electron chi connectivity index (χ4n) is 2.29. The van der Waals surface area contributed by atoms with Crippen LogP contribution in [0.15, 0.2) is 47.6 Å². The molecule has 0 nitrogen and oxygen atoms in total. The van der Waals surface area contributed by atoms with Gasteiger partial charge < -0.3 is 0 Å². The van der Waals surface area contributed by atoms with Crippen LogP contribution in [-0.4, -0.2) is 0 Å². The van der Waals surface area contributed by atoms with Crippen LogP contribution >= 0.6 is 0 Å². The van der Waals surface area contributed by atoms with Gasteiger partial charge in [0.2, 0.25) is 0 Å². The van der Waals surface area contributed by atoms with E-state index in [1.807, 2.05) is 12.2 Å². The predicted octanol–water partition coefficient (Wildman–Crippen LogP) is 5.06. The van der Waals surface area contributed by atoms with Crippen molar-refractivity contribution < 1.29 is 0 Å². The Balaban J connectivity index is 2.86. The van der Waals surface area contributed by atoms with Gasteiger partial charge in [0.05, 0.1) is 0 Å². The van der Waals surface area contributed by atoms with Crippen molar-refractivity contribution in [3.63, 3.8) is 0 Å². The molecule has 0 aromatic rings. The van der Waals surface area contributed by atoms with Gasteiger partial charge in [-0.3, -0.25) is 0 Å². The van der Waals surface area contributed by atoms with E-state index in [0.717, 1.165) is 5.92 Å². The summed E-state index contributed by atoms with van der Waals surface area (Å²) < 4.78 is 0. The van der Waals surface area contributed by atoms with Crippen LogP contribution in [0, 0.1) is 11.8 Å². The van der Waals surface area contributed by atoms with Gasteiger partial charge in [0.25, 0.3) is 0 Å². The van der Waals surface area contributed by atoms with Gasteiger partial charge in [-0.2, -0.15) is 0 Å². The van der Waals surface area contributed by atoms with Crippen molar-refractivity contribution in [1.82, 2.24) is 0 Å². The maximum atomic E-state index is 3.72. The third-order valence-corrected chi connectivity index (χ3v) is 3.72. The van der Waals surface area contributed by atoms with E-state index in [4.69, 9.17) is 0 Å². The van der Waals surface area contributed by atoms with Gasteiger partial charge in [-0.25, -0.2) is 0 Å². The predicted molar refractivity (Wildman–Crippen MR) is 73.4 cm³/mol. The molecule has 2 atom stereocenters. The molecule has 16 heavy (non-hydrogen) atoms. The van der Waals surface area contributed by atoms with E-state index in [1.54, 1.807) is 5.57 Å². The number of hydrogen-bond donors (Lipinski definition) is 0. The van der Waals surface area contributed by atoms with E-state index < -0.39 is 0 Å². The van der Waals surface area contributed by atoms with E-state index in [-0.39, 0.29) is 0 Å². The second-order valence-corrected chi connectivity index (χ2v) is 5.02. The number of allylic oxidation sites excluding steroid dienone is 7. The summed E-state index contributed by atoms with van der Waals surface area (Å²) in [5, 5.41) is 0. The molecule has 0 spiro atoms. The number of hydrogen-bond acceptors (Lipinski definition) is 0. The lowest BCUT2D eigenvalue weighted by molar-refractivity contribution is 0.390. The molecule has 0 fully saturated rings. The Morgan fingerprint density at radius 2 is 2.06 bits per heavy atom. The lowest BCUT2D eigenvalue weighted by Gasteiger charge is -2.28. The molecule has 0 N–H and O–H groups in total. The molecule has 0 aromatic carbocycles. The van der Waals surface area contributed by atoms with Crippen LogP contribution in [-0.2, 0) is 0 Å². The fourth-order valence-corrected chi connectivity index (χ4v) is 2.29. The Morgan fingerprint density at radius 3 is 2.69 bits per heavy atom. The van der Waals surface area contributed by atoms with Crippen molar-refractivity contribution in [1.29, 1.82) is 0 Å². The summed E-state index contributed by atoms with van der Waals surface area (Å²) in [6.45, 7) is 12.8. The Kier molecular flexibility index (Phi) is 4.79. The topological polar surface area (TPSA) is 0 Å². The summed E-state index contributed by atoms with van der Waals surface area (Å²) in [4.78, 5) is 0. The van der Waals surface area contributed by atoms with Crippen LogP contribution in [0.1, 0.15) is 40.5 Å². The minimum absolute atomic E-state index is 0.696. The van der Waals surface area contributed by atoms with Crippen molar-refractivity contribution in [3.8, 4) is 0 Å². The fraction of sp³-hybridized carbons (Fsp3) is 0.500. The van der Waals surface area contributed by atoms with Crippen LogP contribution in [0.5, 0.6) is 0 Å². The highest BCUT2D eigenvalue weighted by molar-refractivity contribution is 5.34. The highest BCUT2D eigenvalue weighted by Crippen LogP contribution is 2.34. The van der Waals surface area contributed by atoms with E-state index in [1.165, 1.54) is 24.0 Å². The first-order chi connectivity index (χ1) is 7.56. The highest BCUT2D eigenvalue weighted by Gasteiger charge is 2.21. The molecule has 0 bridgehead atoms. The average Bonchev–Trinajstić information content (AvgIpc) is 2.24. The first-order valence-electron chi connectivity index (χ1n) is 6.23. The Labute approximate surface area is 100 Å². The van der Waals surface area contributed by atoms with E-state index in [9.17, 15) is 0 Å². The zero-order valence-electron chi connectivity index (χ0n) is 11.1.